The van der Waals surface area contributed by atoms with Gasteiger partial charge in [-0.3, -0.25) is 19.4 Å². The molecule has 0 saturated carbocycles. The summed E-state index contributed by atoms with van der Waals surface area (Å²) in [5, 5.41) is 19.4. The van der Waals surface area contributed by atoms with Crippen LogP contribution in [0.4, 0.5) is 11.4 Å². The molecule has 0 saturated heterocycles. The number of nitro groups is 1. The molecule has 0 bridgehead atoms. The van der Waals surface area contributed by atoms with Gasteiger partial charge in [-0.2, -0.15) is 8.42 Å². The van der Waals surface area contributed by atoms with Crippen molar-refractivity contribution in [2.45, 2.75) is 0 Å². The van der Waals surface area contributed by atoms with E-state index in [0.29, 0.717) is 0 Å². The first-order chi connectivity index (χ1) is 6.79. The molecule has 1 aromatic carbocycles. The standard InChI is InChI=1S/C6H6N2O6S/c9-6-2-1-4(8(10)11)3-5(6)7-15(12,13)14/h1-3,7,9H,(H,12,13,14). The topological polar surface area (TPSA) is 130 Å². The fourth-order valence-electron chi connectivity index (χ4n) is 0.858. The first-order valence-electron chi connectivity index (χ1n) is 3.52. The van der Waals surface area contributed by atoms with E-state index in [1.54, 1.807) is 0 Å². The average Bonchev–Trinajstić information content (AvgIpc) is 2.06. The molecule has 0 aliphatic carbocycles. The lowest BCUT2D eigenvalue weighted by Crippen LogP contribution is -2.10. The van der Waals surface area contributed by atoms with Crippen molar-refractivity contribution in [3.63, 3.8) is 0 Å². The predicted molar refractivity (Wildman–Crippen MR) is 49.9 cm³/mol. The van der Waals surface area contributed by atoms with Crippen molar-refractivity contribution in [2.75, 3.05) is 4.72 Å². The summed E-state index contributed by atoms with van der Waals surface area (Å²) in [4.78, 5) is 9.55. The SMILES string of the molecule is O=[N+]([O-])c1ccc(O)c(NS(=O)(=O)O)c1. The van der Waals surface area contributed by atoms with Crippen LogP contribution in [0.3, 0.4) is 0 Å². The van der Waals surface area contributed by atoms with Gasteiger partial charge in [0.15, 0.2) is 0 Å². The summed E-state index contributed by atoms with van der Waals surface area (Å²) >= 11 is 0. The van der Waals surface area contributed by atoms with Crippen molar-refractivity contribution in [1.82, 2.24) is 0 Å². The molecule has 0 radical (unpaired) electrons. The summed E-state index contributed by atoms with van der Waals surface area (Å²) in [6.07, 6.45) is 0. The maximum Gasteiger partial charge on any atom is 0.357 e. The van der Waals surface area contributed by atoms with Crippen LogP contribution in [0.1, 0.15) is 0 Å². The largest absolute Gasteiger partial charge is 0.506 e. The maximum atomic E-state index is 10.4. The van der Waals surface area contributed by atoms with E-state index in [4.69, 9.17) is 9.66 Å². The number of anilines is 1. The minimum atomic E-state index is -4.57. The highest BCUT2D eigenvalue weighted by Crippen LogP contribution is 2.28. The molecule has 0 fully saturated rings. The molecule has 0 heterocycles. The van der Waals surface area contributed by atoms with Crippen LogP contribution in [-0.4, -0.2) is 23.0 Å². The first kappa shape index (κ1) is 11.2. The summed E-state index contributed by atoms with van der Waals surface area (Å²) in [5.41, 5.74) is -0.884. The van der Waals surface area contributed by atoms with E-state index in [9.17, 15) is 18.5 Å². The fourth-order valence-corrected chi connectivity index (χ4v) is 1.30. The highest BCUT2D eigenvalue weighted by molar-refractivity contribution is 7.87. The lowest BCUT2D eigenvalue weighted by atomic mass is 10.2. The molecule has 0 amide bonds. The molecule has 15 heavy (non-hydrogen) atoms. The normalized spacial score (nSPS) is 11.0. The van der Waals surface area contributed by atoms with Crippen molar-refractivity contribution in [1.29, 1.82) is 0 Å². The number of rotatable bonds is 3. The van der Waals surface area contributed by atoms with Crippen LogP contribution >= 0.6 is 0 Å². The molecule has 0 aliphatic rings. The second-order valence-corrected chi connectivity index (χ2v) is 3.69. The summed E-state index contributed by atoms with van der Waals surface area (Å²) in [6.45, 7) is 0. The van der Waals surface area contributed by atoms with Gasteiger partial charge in [-0.05, 0) is 6.07 Å². The van der Waals surface area contributed by atoms with E-state index in [1.807, 2.05) is 0 Å². The highest BCUT2D eigenvalue weighted by atomic mass is 32.2. The van der Waals surface area contributed by atoms with Crippen LogP contribution in [0.5, 0.6) is 5.75 Å². The number of phenols is 1. The molecule has 0 aromatic heterocycles. The molecule has 1 aromatic rings. The predicted octanol–water partition coefficient (Wildman–Crippen LogP) is 0.515. The molecule has 3 N–H and O–H groups in total. The van der Waals surface area contributed by atoms with Gasteiger partial charge in [0.1, 0.15) is 5.75 Å². The Hall–Kier alpha value is -1.87. The van der Waals surface area contributed by atoms with Gasteiger partial charge in [0.05, 0.1) is 10.6 Å². The average molecular weight is 234 g/mol. The summed E-state index contributed by atoms with van der Waals surface area (Å²) in [7, 11) is -4.57. The Bertz CT molecular complexity index is 496. The minimum Gasteiger partial charge on any atom is -0.506 e. The Labute approximate surface area is 84.2 Å². The summed E-state index contributed by atoms with van der Waals surface area (Å²) < 4.78 is 30.7. The van der Waals surface area contributed by atoms with E-state index in [0.717, 1.165) is 18.2 Å². The van der Waals surface area contributed by atoms with E-state index < -0.39 is 32.4 Å². The van der Waals surface area contributed by atoms with Gasteiger partial charge in [0, 0.05) is 12.1 Å². The zero-order valence-corrected chi connectivity index (χ0v) is 7.93. The summed E-state index contributed by atoms with van der Waals surface area (Å²) in [6, 6.07) is 2.71. The lowest BCUT2D eigenvalue weighted by molar-refractivity contribution is -0.384. The maximum absolute atomic E-state index is 10.4. The minimum absolute atomic E-state index is 0.418. The molecule has 1 rings (SSSR count). The van der Waals surface area contributed by atoms with E-state index >= 15 is 0 Å². The van der Waals surface area contributed by atoms with Crippen molar-refractivity contribution in [3.05, 3.63) is 28.3 Å². The molecule has 82 valence electrons. The van der Waals surface area contributed by atoms with Crippen LogP contribution in [0.2, 0.25) is 0 Å². The van der Waals surface area contributed by atoms with E-state index in [1.165, 1.54) is 4.72 Å². The van der Waals surface area contributed by atoms with Crippen molar-refractivity contribution >= 4 is 21.7 Å². The lowest BCUT2D eigenvalue weighted by Gasteiger charge is -2.04. The smallest absolute Gasteiger partial charge is 0.357 e. The highest BCUT2D eigenvalue weighted by Gasteiger charge is 2.13. The zero-order chi connectivity index (χ0) is 11.6. The van der Waals surface area contributed by atoms with Gasteiger partial charge in [-0.15, -0.1) is 0 Å². The number of hydrogen-bond acceptors (Lipinski definition) is 5. The Morgan fingerprint density at radius 3 is 2.47 bits per heavy atom. The van der Waals surface area contributed by atoms with Crippen molar-refractivity contribution in [3.8, 4) is 5.75 Å². The molecule has 0 aliphatic heterocycles. The Balaban J connectivity index is 3.17. The molecule has 0 atom stereocenters. The van der Waals surface area contributed by atoms with Crippen LogP contribution < -0.4 is 4.72 Å². The number of nitrogens with one attached hydrogen (secondary N) is 1. The van der Waals surface area contributed by atoms with Gasteiger partial charge in [-0.1, -0.05) is 0 Å². The van der Waals surface area contributed by atoms with Gasteiger partial charge in [-0.25, -0.2) is 0 Å². The Kier molecular flexibility index (Phi) is 2.77. The number of nitrogens with zero attached hydrogens (tertiary/aromatic N) is 1. The van der Waals surface area contributed by atoms with E-state index in [2.05, 4.69) is 0 Å². The van der Waals surface area contributed by atoms with Crippen LogP contribution in [0.15, 0.2) is 18.2 Å². The van der Waals surface area contributed by atoms with Crippen LogP contribution in [0, 0.1) is 10.1 Å². The van der Waals surface area contributed by atoms with Crippen molar-refractivity contribution in [2.24, 2.45) is 0 Å². The van der Waals surface area contributed by atoms with E-state index in [-0.39, 0.29) is 0 Å². The molecule has 9 heteroatoms. The second-order valence-electron chi connectivity index (χ2n) is 2.54. The number of non-ortho nitro benzene ring substituents is 1. The molecular weight excluding hydrogens is 228 g/mol. The van der Waals surface area contributed by atoms with Crippen LogP contribution in [-0.2, 0) is 10.3 Å². The molecule has 8 nitrogen and oxygen atoms in total. The third-order valence-electron chi connectivity index (χ3n) is 1.43. The number of aromatic hydroxyl groups is 1. The number of nitro benzene ring substituents is 1. The number of benzene rings is 1. The Morgan fingerprint density at radius 1 is 1.40 bits per heavy atom. The van der Waals surface area contributed by atoms with Gasteiger partial charge < -0.3 is 5.11 Å². The van der Waals surface area contributed by atoms with Crippen LogP contribution in [0.25, 0.3) is 0 Å². The molecule has 0 unspecified atom stereocenters. The van der Waals surface area contributed by atoms with Crippen molar-refractivity contribution < 1.29 is 23.0 Å². The first-order valence-corrected chi connectivity index (χ1v) is 4.96. The van der Waals surface area contributed by atoms with Gasteiger partial charge in [0.25, 0.3) is 5.69 Å². The van der Waals surface area contributed by atoms with Gasteiger partial charge >= 0.3 is 10.3 Å². The Morgan fingerprint density at radius 2 is 2.00 bits per heavy atom. The fraction of sp³-hybridized carbons (Fsp3) is 0. The third kappa shape index (κ3) is 3.07. The number of phenolic OH excluding ortho intramolecular Hbond substituents is 1. The third-order valence-corrected chi connectivity index (χ3v) is 1.91. The molecule has 0 spiro atoms. The monoisotopic (exact) mass is 234 g/mol. The number of hydrogen-bond donors (Lipinski definition) is 3. The second kappa shape index (κ2) is 3.71. The molecular formula is C6H6N2O6S. The quantitative estimate of drug-likeness (QED) is 0.302. The zero-order valence-electron chi connectivity index (χ0n) is 7.11. The van der Waals surface area contributed by atoms with Gasteiger partial charge in [0.2, 0.25) is 0 Å². The summed E-state index contributed by atoms with van der Waals surface area (Å²) in [5.74, 6) is -0.529.